The molecule has 0 unspecified atom stereocenters. The van der Waals surface area contributed by atoms with Crippen molar-refractivity contribution in [1.82, 2.24) is 4.90 Å². The van der Waals surface area contributed by atoms with Crippen molar-refractivity contribution < 1.29 is 9.53 Å². The number of thiocarbonyl (C=S) groups is 1. The largest absolute Gasteiger partial charge is 0.468 e. The Morgan fingerprint density at radius 2 is 2.18 bits per heavy atom. The van der Waals surface area contributed by atoms with Crippen LogP contribution in [0.4, 0.5) is 0 Å². The number of hydrogen-bond acceptors (Lipinski definition) is 3. The number of carbonyl (C=O) groups excluding carboxylic acids is 1. The monoisotopic (exact) mass is 247 g/mol. The predicted molar refractivity (Wildman–Crippen MR) is 69.4 cm³/mol. The molecule has 0 bridgehead atoms. The zero-order chi connectivity index (χ0) is 12.3. The molecule has 1 aromatic rings. The Kier molecular flexibility index (Phi) is 3.54. The van der Waals surface area contributed by atoms with Gasteiger partial charge in [0.25, 0.3) is 5.17 Å². The van der Waals surface area contributed by atoms with Crippen LogP contribution in [0.5, 0.6) is 0 Å². The van der Waals surface area contributed by atoms with Crippen LogP contribution in [0, 0.1) is 0 Å². The number of ketones is 1. The van der Waals surface area contributed by atoms with Crippen molar-refractivity contribution in [3.05, 3.63) is 48.2 Å². The molecule has 0 radical (unpaired) electrons. The van der Waals surface area contributed by atoms with Crippen molar-refractivity contribution in [2.75, 3.05) is 6.61 Å². The maximum absolute atomic E-state index is 11.0. The standard InChI is InChI=1S/C13H13NO2S/c1-10(15)7-8-14-12(9-16-13(14)17)11-5-3-2-4-6-11/h2-8,12H,9H2,1H3/b8-7+/t12-/m0/s1. The molecule has 4 heteroatoms. The summed E-state index contributed by atoms with van der Waals surface area (Å²) in [5, 5.41) is 0.413. The minimum atomic E-state index is -0.00786. The Morgan fingerprint density at radius 1 is 1.47 bits per heavy atom. The predicted octanol–water partition coefficient (Wildman–Crippen LogP) is 2.45. The van der Waals surface area contributed by atoms with E-state index in [1.54, 1.807) is 6.20 Å². The summed E-state index contributed by atoms with van der Waals surface area (Å²) in [5.41, 5.74) is 1.13. The molecule has 3 nitrogen and oxygen atoms in total. The lowest BCUT2D eigenvalue weighted by molar-refractivity contribution is -0.112. The fraction of sp³-hybridized carbons (Fsp3) is 0.231. The summed E-state index contributed by atoms with van der Waals surface area (Å²) >= 11 is 5.11. The highest BCUT2D eigenvalue weighted by Gasteiger charge is 2.29. The quantitative estimate of drug-likeness (QED) is 0.606. The van der Waals surface area contributed by atoms with Gasteiger partial charge in [0.1, 0.15) is 6.61 Å². The third kappa shape index (κ3) is 2.71. The van der Waals surface area contributed by atoms with Crippen molar-refractivity contribution >= 4 is 23.2 Å². The smallest absolute Gasteiger partial charge is 0.264 e. The summed E-state index contributed by atoms with van der Waals surface area (Å²) in [7, 11) is 0. The van der Waals surface area contributed by atoms with E-state index in [9.17, 15) is 4.79 Å². The lowest BCUT2D eigenvalue weighted by atomic mass is 10.1. The van der Waals surface area contributed by atoms with Gasteiger partial charge in [0, 0.05) is 6.20 Å². The number of nitrogens with zero attached hydrogens (tertiary/aromatic N) is 1. The van der Waals surface area contributed by atoms with Gasteiger partial charge in [0.05, 0.1) is 6.04 Å². The zero-order valence-corrected chi connectivity index (χ0v) is 10.3. The van der Waals surface area contributed by atoms with E-state index in [0.717, 1.165) is 5.56 Å². The van der Waals surface area contributed by atoms with E-state index in [-0.39, 0.29) is 11.8 Å². The van der Waals surface area contributed by atoms with Gasteiger partial charge in [-0.1, -0.05) is 30.3 Å². The number of rotatable bonds is 3. The molecule has 1 saturated heterocycles. The SMILES string of the molecule is CC(=O)/C=C/N1C(=S)OC[C@H]1c1ccccc1. The maximum atomic E-state index is 11.0. The fourth-order valence-electron chi connectivity index (χ4n) is 1.71. The second kappa shape index (κ2) is 5.10. The van der Waals surface area contributed by atoms with Crippen molar-refractivity contribution in [2.45, 2.75) is 13.0 Å². The van der Waals surface area contributed by atoms with Crippen LogP contribution in [0.15, 0.2) is 42.6 Å². The molecule has 1 aliphatic heterocycles. The second-order valence-corrected chi connectivity index (χ2v) is 4.19. The molecule has 1 aromatic carbocycles. The van der Waals surface area contributed by atoms with Gasteiger partial charge in [-0.15, -0.1) is 0 Å². The summed E-state index contributed by atoms with van der Waals surface area (Å²) in [6.07, 6.45) is 3.19. The summed E-state index contributed by atoms with van der Waals surface area (Å²) in [6.45, 7) is 2.03. The Hall–Kier alpha value is -1.68. The molecule has 1 aliphatic rings. The van der Waals surface area contributed by atoms with E-state index in [1.165, 1.54) is 13.0 Å². The molecule has 0 aliphatic carbocycles. The third-order valence-corrected chi connectivity index (χ3v) is 2.89. The van der Waals surface area contributed by atoms with Gasteiger partial charge in [0.2, 0.25) is 0 Å². The first-order valence-corrected chi connectivity index (χ1v) is 5.78. The third-order valence-electron chi connectivity index (χ3n) is 2.57. The molecular formula is C13H13NO2S. The number of ether oxygens (including phenoxy) is 1. The summed E-state index contributed by atoms with van der Waals surface area (Å²) < 4.78 is 5.36. The van der Waals surface area contributed by atoms with Gasteiger partial charge in [-0.3, -0.25) is 9.69 Å². The van der Waals surface area contributed by atoms with E-state index >= 15 is 0 Å². The second-order valence-electron chi connectivity index (χ2n) is 3.84. The fourth-order valence-corrected chi connectivity index (χ4v) is 1.97. The van der Waals surface area contributed by atoms with E-state index in [1.807, 2.05) is 35.2 Å². The highest BCUT2D eigenvalue weighted by molar-refractivity contribution is 7.80. The Bertz CT molecular complexity index is 456. The van der Waals surface area contributed by atoms with Crippen LogP contribution in [0.2, 0.25) is 0 Å². The van der Waals surface area contributed by atoms with Crippen LogP contribution in [0.3, 0.4) is 0 Å². The van der Waals surface area contributed by atoms with Crippen LogP contribution < -0.4 is 0 Å². The maximum Gasteiger partial charge on any atom is 0.264 e. The first-order chi connectivity index (χ1) is 8.18. The normalized spacial score (nSPS) is 19.7. The minimum absolute atomic E-state index is 0.00786. The molecule has 1 fully saturated rings. The molecule has 2 rings (SSSR count). The zero-order valence-electron chi connectivity index (χ0n) is 9.50. The molecule has 17 heavy (non-hydrogen) atoms. The van der Waals surface area contributed by atoms with Crippen LogP contribution >= 0.6 is 12.2 Å². The van der Waals surface area contributed by atoms with Gasteiger partial charge in [-0.05, 0) is 30.8 Å². The number of carbonyl (C=O) groups is 1. The first-order valence-electron chi connectivity index (χ1n) is 5.37. The Labute approximate surface area is 106 Å². The van der Waals surface area contributed by atoms with Crippen molar-refractivity contribution in [3.8, 4) is 0 Å². The lowest BCUT2D eigenvalue weighted by Gasteiger charge is -2.18. The van der Waals surface area contributed by atoms with Gasteiger partial charge in [0.15, 0.2) is 5.78 Å². The van der Waals surface area contributed by atoms with Crippen molar-refractivity contribution in [2.24, 2.45) is 0 Å². The van der Waals surface area contributed by atoms with E-state index < -0.39 is 0 Å². The number of allylic oxidation sites excluding steroid dienone is 1. The van der Waals surface area contributed by atoms with E-state index in [0.29, 0.717) is 11.8 Å². The molecule has 1 heterocycles. The lowest BCUT2D eigenvalue weighted by Crippen LogP contribution is -2.21. The molecule has 88 valence electrons. The van der Waals surface area contributed by atoms with Gasteiger partial charge < -0.3 is 4.74 Å². The van der Waals surface area contributed by atoms with Crippen LogP contribution in [-0.2, 0) is 9.53 Å². The minimum Gasteiger partial charge on any atom is -0.468 e. The van der Waals surface area contributed by atoms with Crippen LogP contribution in [0.25, 0.3) is 0 Å². The van der Waals surface area contributed by atoms with Crippen molar-refractivity contribution in [3.63, 3.8) is 0 Å². The Morgan fingerprint density at radius 3 is 2.82 bits per heavy atom. The molecule has 0 N–H and O–H groups in total. The first kappa shape index (κ1) is 11.8. The number of hydrogen-bond donors (Lipinski definition) is 0. The topological polar surface area (TPSA) is 29.5 Å². The highest BCUT2D eigenvalue weighted by Crippen LogP contribution is 2.27. The summed E-state index contributed by atoms with van der Waals surface area (Å²) in [5.74, 6) is -0.00786. The van der Waals surface area contributed by atoms with E-state index in [4.69, 9.17) is 17.0 Å². The van der Waals surface area contributed by atoms with Crippen LogP contribution in [0.1, 0.15) is 18.5 Å². The molecular weight excluding hydrogens is 234 g/mol. The van der Waals surface area contributed by atoms with Crippen LogP contribution in [-0.4, -0.2) is 22.5 Å². The molecule has 0 amide bonds. The molecule has 0 spiro atoms. The van der Waals surface area contributed by atoms with Gasteiger partial charge in [-0.25, -0.2) is 0 Å². The van der Waals surface area contributed by atoms with Gasteiger partial charge >= 0.3 is 0 Å². The summed E-state index contributed by atoms with van der Waals surface area (Å²) in [6, 6.07) is 10.0. The molecule has 0 saturated carbocycles. The highest BCUT2D eigenvalue weighted by atomic mass is 32.1. The summed E-state index contributed by atoms with van der Waals surface area (Å²) in [4.78, 5) is 12.8. The average molecular weight is 247 g/mol. The van der Waals surface area contributed by atoms with Crippen molar-refractivity contribution in [1.29, 1.82) is 0 Å². The van der Waals surface area contributed by atoms with E-state index in [2.05, 4.69) is 0 Å². The van der Waals surface area contributed by atoms with Gasteiger partial charge in [-0.2, -0.15) is 0 Å². The average Bonchev–Trinajstić information content (AvgIpc) is 2.69. The molecule has 0 aromatic heterocycles. The number of benzene rings is 1. The Balaban J connectivity index is 2.22. The molecule has 1 atom stereocenters.